The maximum atomic E-state index is 14.6. The van der Waals surface area contributed by atoms with Crippen LogP contribution >= 0.6 is 0 Å². The number of hydrogen-bond donors (Lipinski definition) is 1. The van der Waals surface area contributed by atoms with E-state index < -0.39 is 74.1 Å². The van der Waals surface area contributed by atoms with Gasteiger partial charge in [0.25, 0.3) is 0 Å². The van der Waals surface area contributed by atoms with Crippen molar-refractivity contribution in [1.29, 1.82) is 0 Å². The number of carbonyl (C=O) groups excluding carboxylic acids is 2. The van der Waals surface area contributed by atoms with E-state index in [0.717, 1.165) is 50.4 Å². The van der Waals surface area contributed by atoms with Crippen LogP contribution in [0.15, 0.2) is 89.3 Å². The summed E-state index contributed by atoms with van der Waals surface area (Å²) in [5.41, 5.74) is 1.96. The van der Waals surface area contributed by atoms with E-state index in [-0.39, 0.29) is 35.3 Å². The average Bonchev–Trinajstić information content (AvgIpc) is 3.63. The number of anilines is 2. The second-order valence-corrected chi connectivity index (χ2v) is 16.7. The zero-order valence-corrected chi connectivity index (χ0v) is 32.8. The van der Waals surface area contributed by atoms with Crippen LogP contribution in [0.1, 0.15) is 38.5 Å². The molecule has 12 nitrogen and oxygen atoms in total. The summed E-state index contributed by atoms with van der Waals surface area (Å²) in [6.07, 6.45) is -7.99. The van der Waals surface area contributed by atoms with Gasteiger partial charge >= 0.3 is 24.2 Å². The minimum absolute atomic E-state index is 0.0243. The lowest BCUT2D eigenvalue weighted by molar-refractivity contribution is -0.173. The van der Waals surface area contributed by atoms with Gasteiger partial charge in [-0.25, -0.2) is 25.6 Å². The summed E-state index contributed by atoms with van der Waals surface area (Å²) in [5, 5.41) is 7.57. The number of halogens is 8. The number of ketones is 1. The highest BCUT2D eigenvalue weighted by molar-refractivity contribution is 7.92. The van der Waals surface area contributed by atoms with E-state index >= 15 is 0 Å². The highest BCUT2D eigenvalue weighted by Gasteiger charge is 2.39. The highest BCUT2D eigenvalue weighted by atomic mass is 32.2. The lowest BCUT2D eigenvalue weighted by Crippen LogP contribution is -2.39. The Hall–Kier alpha value is -5.90. The molecule has 1 aromatic heterocycles. The van der Waals surface area contributed by atoms with Crippen molar-refractivity contribution in [2.75, 3.05) is 27.7 Å². The molecule has 59 heavy (non-hydrogen) atoms. The first-order valence-corrected chi connectivity index (χ1v) is 20.4. The number of sulfonamides is 2. The van der Waals surface area contributed by atoms with Crippen LogP contribution in [0.5, 0.6) is 0 Å². The number of rotatable bonds is 12. The summed E-state index contributed by atoms with van der Waals surface area (Å²) >= 11 is 0. The third-order valence-electron chi connectivity index (χ3n) is 8.02. The van der Waals surface area contributed by atoms with Crippen molar-refractivity contribution >= 4 is 43.1 Å². The second kappa shape index (κ2) is 17.9. The Kier molecular flexibility index (Phi) is 13.9. The summed E-state index contributed by atoms with van der Waals surface area (Å²) < 4.78 is 159. The fourth-order valence-electron chi connectivity index (χ4n) is 5.15. The van der Waals surface area contributed by atoms with Gasteiger partial charge in [-0.15, -0.1) is 10.2 Å². The van der Waals surface area contributed by atoms with Crippen molar-refractivity contribution < 1.29 is 66.0 Å². The van der Waals surface area contributed by atoms with Gasteiger partial charge in [0.15, 0.2) is 5.78 Å². The van der Waals surface area contributed by atoms with E-state index in [1.54, 1.807) is 62.4 Å². The third-order valence-corrected chi connectivity index (χ3v) is 10.3. The number of aromatic nitrogens is 2. The van der Waals surface area contributed by atoms with Gasteiger partial charge in [-0.3, -0.25) is 18.2 Å². The smallest absolute Gasteiger partial charge is 0.413 e. The molecular formula is C37H33F8N5O7S2. The summed E-state index contributed by atoms with van der Waals surface area (Å²) in [7, 11) is -7.49. The van der Waals surface area contributed by atoms with Crippen molar-refractivity contribution in [1.82, 2.24) is 15.5 Å². The first-order chi connectivity index (χ1) is 27.2. The highest BCUT2D eigenvalue weighted by Crippen LogP contribution is 2.31. The van der Waals surface area contributed by atoms with Crippen molar-refractivity contribution in [3.05, 3.63) is 130 Å². The number of aryl methyl sites for hydroxylation is 2. The first-order valence-electron chi connectivity index (χ1n) is 16.7. The molecule has 4 aromatic carbocycles. The largest absolute Gasteiger partial charge is 0.471 e. The van der Waals surface area contributed by atoms with Gasteiger partial charge in [-0.1, -0.05) is 42.5 Å². The first kappa shape index (κ1) is 45.8. The van der Waals surface area contributed by atoms with Crippen LogP contribution in [0, 0.1) is 25.5 Å². The second-order valence-electron chi connectivity index (χ2n) is 12.8. The Balaban J connectivity index is 0.000000261. The monoisotopic (exact) mass is 875 g/mol. The molecule has 0 saturated carbocycles. The molecule has 1 amide bonds. The van der Waals surface area contributed by atoms with Gasteiger partial charge in [0.2, 0.25) is 25.9 Å². The van der Waals surface area contributed by atoms with Gasteiger partial charge in [0.1, 0.15) is 11.6 Å². The van der Waals surface area contributed by atoms with Crippen LogP contribution in [-0.4, -0.2) is 64.0 Å². The van der Waals surface area contributed by atoms with Crippen LogP contribution in [0.4, 0.5) is 46.5 Å². The molecule has 0 spiro atoms. The van der Waals surface area contributed by atoms with Gasteiger partial charge in [0, 0.05) is 22.3 Å². The molecule has 0 radical (unpaired) electrons. The Morgan fingerprint density at radius 3 is 1.59 bits per heavy atom. The van der Waals surface area contributed by atoms with E-state index in [4.69, 9.17) is 0 Å². The zero-order chi connectivity index (χ0) is 44.1. The quantitative estimate of drug-likeness (QED) is 0.102. The number of amides is 1. The van der Waals surface area contributed by atoms with Crippen LogP contribution in [0.2, 0.25) is 0 Å². The number of benzene rings is 4. The molecule has 0 aliphatic carbocycles. The third kappa shape index (κ3) is 12.5. The zero-order valence-electron chi connectivity index (χ0n) is 31.2. The minimum atomic E-state index is -5.14. The molecule has 0 unspecified atom stereocenters. The summed E-state index contributed by atoms with van der Waals surface area (Å²) in [6.45, 7) is 1.94. The van der Waals surface area contributed by atoms with Crippen molar-refractivity contribution in [3.63, 3.8) is 0 Å². The van der Waals surface area contributed by atoms with Gasteiger partial charge in [0.05, 0.1) is 43.5 Å². The Morgan fingerprint density at radius 2 is 1.19 bits per heavy atom. The summed E-state index contributed by atoms with van der Waals surface area (Å²) in [6, 6.07) is 19.8. The number of nitrogens with one attached hydrogen (secondary N) is 1. The summed E-state index contributed by atoms with van der Waals surface area (Å²) in [5.74, 6) is -6.99. The fourth-order valence-corrected chi connectivity index (χ4v) is 6.89. The normalized spacial score (nSPS) is 12.0. The maximum absolute atomic E-state index is 14.6. The molecule has 0 bridgehead atoms. The average molecular weight is 876 g/mol. The van der Waals surface area contributed by atoms with Crippen LogP contribution < -0.4 is 13.9 Å². The molecule has 0 aliphatic heterocycles. The molecule has 5 aromatic rings. The SMILES string of the molecule is Cc1cccc(N(Cc2ccc(-c3nnc(C(F)(F)F)o3)cc2F)S(C)(=O)=O)c1.Cc1cccc(N(Cc2ccc(C(=O)CNC(=O)C(F)(F)F)cc2F)S(C)(=O)=O)c1. The van der Waals surface area contributed by atoms with Gasteiger partial charge in [-0.2, -0.15) is 26.3 Å². The predicted molar refractivity (Wildman–Crippen MR) is 199 cm³/mol. The van der Waals surface area contributed by atoms with E-state index in [1.165, 1.54) is 23.5 Å². The van der Waals surface area contributed by atoms with E-state index in [9.17, 15) is 61.5 Å². The van der Waals surface area contributed by atoms with Crippen LogP contribution in [0.25, 0.3) is 11.5 Å². The predicted octanol–water partition coefficient (Wildman–Crippen LogP) is 7.13. The Labute approximate surface area is 332 Å². The molecule has 1 N–H and O–H groups in total. The minimum Gasteiger partial charge on any atom is -0.413 e. The molecule has 22 heteroatoms. The Bertz CT molecular complexity index is 2560. The number of Topliss-reactive ketones (excluding diaryl/α,β-unsaturated/α-hetero) is 1. The molecule has 0 atom stereocenters. The van der Waals surface area contributed by atoms with Crippen LogP contribution in [0.3, 0.4) is 0 Å². The maximum Gasteiger partial charge on any atom is 0.471 e. The molecule has 5 rings (SSSR count). The number of hydrogen-bond acceptors (Lipinski definition) is 9. The van der Waals surface area contributed by atoms with Crippen molar-refractivity contribution in [3.8, 4) is 11.5 Å². The standard InChI is InChI=1S/C19H18F4N2O4S.C18H15F4N3O3S/c1-12-4-3-5-15(8-12)25(30(2,28)29)11-14-7-6-13(9-16(14)20)17(26)10-24-18(27)19(21,22)23;1-11-4-3-5-14(8-11)25(29(2,26)27)10-13-7-6-12(9-15(13)19)16-23-24-17(28-16)18(20,21)22/h3-9H,10-11H2,1-2H3,(H,24,27);3-9H,10H2,1-2H3. The Morgan fingerprint density at radius 1 is 0.695 bits per heavy atom. The molecular weight excluding hydrogens is 843 g/mol. The lowest BCUT2D eigenvalue weighted by atomic mass is 10.1. The van der Waals surface area contributed by atoms with Crippen LogP contribution in [-0.2, 0) is 44.1 Å². The number of nitrogens with zero attached hydrogens (tertiary/aromatic N) is 4. The van der Waals surface area contributed by atoms with E-state index in [1.807, 2.05) is 0 Å². The molecule has 0 aliphatic rings. The molecule has 316 valence electrons. The number of carbonyl (C=O) groups is 2. The topological polar surface area (TPSA) is 160 Å². The van der Waals surface area contributed by atoms with Gasteiger partial charge in [-0.05, 0) is 67.4 Å². The van der Waals surface area contributed by atoms with Crippen molar-refractivity contribution in [2.45, 2.75) is 39.3 Å². The number of alkyl halides is 6. The van der Waals surface area contributed by atoms with E-state index in [2.05, 4.69) is 14.6 Å². The van der Waals surface area contributed by atoms with Crippen molar-refractivity contribution in [2.24, 2.45) is 0 Å². The summed E-state index contributed by atoms with van der Waals surface area (Å²) in [4.78, 5) is 22.7. The molecule has 1 heterocycles. The van der Waals surface area contributed by atoms with Gasteiger partial charge < -0.3 is 9.73 Å². The fraction of sp³-hybridized carbons (Fsp3) is 0.243. The molecule has 0 saturated heterocycles. The molecule has 0 fully saturated rings. The van der Waals surface area contributed by atoms with E-state index in [0.29, 0.717) is 11.4 Å². The lowest BCUT2D eigenvalue weighted by Gasteiger charge is -2.23.